The first-order chi connectivity index (χ1) is 12.6. The minimum atomic E-state index is -3.02. The highest BCUT2D eigenvalue weighted by atomic mass is 31.2. The molecule has 9 nitrogen and oxygen atoms in total. The molecule has 2 rings (SSSR count). The summed E-state index contributed by atoms with van der Waals surface area (Å²) in [6, 6.07) is 0. The molecule has 160 valence electrons. The van der Waals surface area contributed by atoms with Gasteiger partial charge in [-0.3, -0.25) is 9.13 Å². The van der Waals surface area contributed by atoms with Crippen LogP contribution in [0.1, 0.15) is 13.8 Å². The van der Waals surface area contributed by atoms with Crippen molar-refractivity contribution in [2.45, 2.75) is 38.3 Å². The zero-order valence-electron chi connectivity index (χ0n) is 17.2. The number of nitrogens with zero attached hydrogens (tertiary/aromatic N) is 2. The van der Waals surface area contributed by atoms with E-state index in [1.54, 1.807) is 25.1 Å². The zero-order chi connectivity index (χ0) is 20.2. The van der Waals surface area contributed by atoms with Crippen molar-refractivity contribution in [3.05, 3.63) is 0 Å². The fourth-order valence-corrected chi connectivity index (χ4v) is 6.27. The molecule has 2 aliphatic rings. The molecule has 0 radical (unpaired) electrons. The minimum Gasteiger partial charge on any atom is -0.382 e. The molecule has 6 atom stereocenters. The van der Waals surface area contributed by atoms with Gasteiger partial charge >= 0.3 is 0 Å². The fraction of sp³-hybridized carbons (Fsp3) is 1.00. The van der Waals surface area contributed by atoms with Crippen LogP contribution in [0, 0.1) is 0 Å². The Morgan fingerprint density at radius 1 is 0.852 bits per heavy atom. The maximum Gasteiger partial charge on any atom is 0.269 e. The van der Waals surface area contributed by atoms with E-state index in [-0.39, 0.29) is 31.0 Å². The third kappa shape index (κ3) is 6.59. The van der Waals surface area contributed by atoms with E-state index in [4.69, 9.17) is 23.3 Å². The first-order valence-electron chi connectivity index (χ1n) is 9.23. The number of ether oxygens (including phenoxy) is 3. The van der Waals surface area contributed by atoms with Gasteiger partial charge in [-0.2, -0.15) is 0 Å². The Balaban J connectivity index is 1.95. The van der Waals surface area contributed by atoms with Crippen LogP contribution in [0.3, 0.4) is 0 Å². The average Bonchev–Trinajstić information content (AvgIpc) is 2.59. The van der Waals surface area contributed by atoms with Gasteiger partial charge in [0.1, 0.15) is 0 Å². The summed E-state index contributed by atoms with van der Waals surface area (Å²) in [5.41, 5.74) is 0. The van der Waals surface area contributed by atoms with Gasteiger partial charge in [0.15, 0.2) is 0 Å². The van der Waals surface area contributed by atoms with Crippen molar-refractivity contribution in [2.75, 3.05) is 66.9 Å². The van der Waals surface area contributed by atoms with E-state index in [0.717, 1.165) is 0 Å². The second kappa shape index (κ2) is 9.79. The molecule has 0 aromatic heterocycles. The van der Waals surface area contributed by atoms with Crippen LogP contribution in [0.5, 0.6) is 0 Å². The maximum absolute atomic E-state index is 13.2. The molecule has 0 aliphatic carbocycles. The number of morpholine rings is 2. The van der Waals surface area contributed by atoms with Crippen molar-refractivity contribution in [3.63, 3.8) is 0 Å². The van der Waals surface area contributed by atoms with Crippen LogP contribution in [-0.4, -0.2) is 101 Å². The number of rotatable bonds is 8. The molecule has 2 saturated heterocycles. The Morgan fingerprint density at radius 3 is 1.81 bits per heavy atom. The minimum absolute atomic E-state index is 0.0510. The molecule has 27 heavy (non-hydrogen) atoms. The Bertz CT molecular complexity index is 579. The maximum atomic E-state index is 13.2. The van der Waals surface area contributed by atoms with Gasteiger partial charge in [-0.1, -0.05) is 0 Å². The summed E-state index contributed by atoms with van der Waals surface area (Å²) < 4.78 is 57.2. The van der Waals surface area contributed by atoms with Crippen LogP contribution in [0.25, 0.3) is 0 Å². The van der Waals surface area contributed by atoms with Crippen molar-refractivity contribution >= 4 is 15.0 Å². The molecular formula is C16H34N2O7P2. The lowest BCUT2D eigenvalue weighted by Crippen LogP contribution is -2.48. The summed E-state index contributed by atoms with van der Waals surface area (Å²) in [6.07, 6.45) is -0.616. The van der Waals surface area contributed by atoms with Crippen LogP contribution < -0.4 is 0 Å². The summed E-state index contributed by atoms with van der Waals surface area (Å²) >= 11 is 0. The Kier molecular flexibility index (Phi) is 8.50. The first kappa shape index (κ1) is 23.5. The van der Waals surface area contributed by atoms with Crippen LogP contribution in [-0.2, 0) is 32.4 Å². The highest BCUT2D eigenvalue weighted by molar-refractivity contribution is 7.55. The molecule has 0 spiro atoms. The van der Waals surface area contributed by atoms with Crippen molar-refractivity contribution in [1.29, 1.82) is 0 Å². The zero-order valence-corrected chi connectivity index (χ0v) is 19.0. The third-order valence-electron chi connectivity index (χ3n) is 4.83. The Labute approximate surface area is 162 Å². The van der Waals surface area contributed by atoms with Gasteiger partial charge in [-0.25, -0.2) is 9.34 Å². The molecule has 0 aromatic rings. The van der Waals surface area contributed by atoms with Gasteiger partial charge in [-0.05, 0) is 13.8 Å². The molecule has 0 saturated carbocycles. The summed E-state index contributed by atoms with van der Waals surface area (Å²) in [5, 5.41) is 0. The largest absolute Gasteiger partial charge is 0.382 e. The number of hydrogen-bond acceptors (Lipinski definition) is 7. The van der Waals surface area contributed by atoms with Crippen LogP contribution in [0.2, 0.25) is 0 Å². The van der Waals surface area contributed by atoms with Gasteiger partial charge in [0.25, 0.3) is 15.0 Å². The Hall–Kier alpha value is 0.180. The highest BCUT2D eigenvalue weighted by Gasteiger charge is 2.38. The molecule has 0 amide bonds. The number of hydrogen-bond donors (Lipinski definition) is 0. The molecule has 2 aliphatic heterocycles. The third-order valence-corrected chi connectivity index (χ3v) is 8.85. The monoisotopic (exact) mass is 428 g/mol. The molecular weight excluding hydrogens is 394 g/mol. The van der Waals surface area contributed by atoms with E-state index in [9.17, 15) is 9.13 Å². The Morgan fingerprint density at radius 2 is 1.33 bits per heavy atom. The van der Waals surface area contributed by atoms with E-state index in [1.165, 1.54) is 7.11 Å². The lowest BCUT2D eigenvalue weighted by atomic mass is 10.2. The van der Waals surface area contributed by atoms with Gasteiger partial charge in [0.05, 0.1) is 37.6 Å². The smallest absolute Gasteiger partial charge is 0.269 e. The molecule has 0 N–H and O–H groups in total. The predicted molar refractivity (Wildman–Crippen MR) is 104 cm³/mol. The topological polar surface area (TPSA) is 86.8 Å². The van der Waals surface area contributed by atoms with Gasteiger partial charge in [0, 0.05) is 53.7 Å². The molecule has 0 aromatic carbocycles. The van der Waals surface area contributed by atoms with Crippen molar-refractivity contribution < 1.29 is 32.4 Å². The molecule has 2 fully saturated rings. The molecule has 11 heteroatoms. The van der Waals surface area contributed by atoms with Crippen molar-refractivity contribution in [1.82, 2.24) is 9.34 Å². The first-order valence-corrected chi connectivity index (χ1v) is 13.3. The van der Waals surface area contributed by atoms with Crippen molar-refractivity contribution in [3.8, 4) is 0 Å². The highest BCUT2D eigenvalue weighted by Crippen LogP contribution is 2.50. The fourth-order valence-electron chi connectivity index (χ4n) is 3.42. The summed E-state index contributed by atoms with van der Waals surface area (Å²) in [4.78, 5) is 0. The second-order valence-electron chi connectivity index (χ2n) is 7.42. The van der Waals surface area contributed by atoms with Crippen molar-refractivity contribution in [2.24, 2.45) is 0 Å². The molecule has 0 bridgehead atoms. The van der Waals surface area contributed by atoms with E-state index in [2.05, 4.69) is 0 Å². The summed E-state index contributed by atoms with van der Waals surface area (Å²) in [6.45, 7) is 9.67. The van der Waals surface area contributed by atoms with Gasteiger partial charge < -0.3 is 23.3 Å². The van der Waals surface area contributed by atoms with Crippen LogP contribution in [0.15, 0.2) is 0 Å². The normalized spacial score (nSPS) is 35.5. The quantitative estimate of drug-likeness (QED) is 0.540. The second-order valence-corrected chi connectivity index (χ2v) is 12.4. The SMILES string of the molecule is COC[C@@H]1CN(P(C)(=O)OC[C@@H]2CN(P(C)(=O)OC)C[C@H](C)O2)C[C@H](C)O1. The lowest BCUT2D eigenvalue weighted by Gasteiger charge is -2.41. The summed E-state index contributed by atoms with van der Waals surface area (Å²) in [5.74, 6) is 0. The van der Waals surface area contributed by atoms with E-state index in [0.29, 0.717) is 32.8 Å². The van der Waals surface area contributed by atoms with Crippen LogP contribution in [0.4, 0.5) is 0 Å². The van der Waals surface area contributed by atoms with Gasteiger partial charge in [0.2, 0.25) is 0 Å². The standard InChI is InChI=1S/C16H34N2O7P2/c1-13-7-17(26(5,19)22-4)10-16(25-13)12-23-27(6,20)18-8-14(2)24-15(9-18)11-21-3/h13-16H,7-12H2,1-6H3/t13-,14-,15-,16-,26?,27?/m0/s1. The molecule has 2 heterocycles. The van der Waals surface area contributed by atoms with E-state index in [1.807, 2.05) is 18.5 Å². The molecule has 2 unspecified atom stereocenters. The van der Waals surface area contributed by atoms with E-state index < -0.39 is 15.0 Å². The average molecular weight is 428 g/mol. The lowest BCUT2D eigenvalue weighted by molar-refractivity contribution is -0.0894. The predicted octanol–water partition coefficient (Wildman–Crippen LogP) is 2.12. The number of methoxy groups -OCH3 is 1. The summed E-state index contributed by atoms with van der Waals surface area (Å²) in [7, 11) is -2.80. The van der Waals surface area contributed by atoms with E-state index >= 15 is 0 Å². The van der Waals surface area contributed by atoms with Gasteiger partial charge in [-0.15, -0.1) is 0 Å². The van der Waals surface area contributed by atoms with Crippen LogP contribution >= 0.6 is 15.0 Å².